The Morgan fingerprint density at radius 3 is 2.77 bits per heavy atom. The van der Waals surface area contributed by atoms with Crippen LogP contribution in [0.4, 0.5) is 0 Å². The average Bonchev–Trinajstić information content (AvgIpc) is 2.16. The number of ether oxygens (including phenoxy) is 1. The van der Waals surface area contributed by atoms with Gasteiger partial charge in [-0.25, -0.2) is 0 Å². The lowest BCUT2D eigenvalue weighted by atomic mass is 10.1. The molecule has 0 bridgehead atoms. The molecule has 0 amide bonds. The molecular formula is C10H11IO2. The number of rotatable bonds is 3. The summed E-state index contributed by atoms with van der Waals surface area (Å²) in [5, 5.41) is 0. The Morgan fingerprint density at radius 1 is 1.54 bits per heavy atom. The second kappa shape index (κ2) is 4.60. The molecule has 0 N–H and O–H groups in total. The average molecular weight is 290 g/mol. The molecule has 1 rings (SSSR count). The van der Waals surface area contributed by atoms with Crippen LogP contribution in [0.3, 0.4) is 0 Å². The first-order valence-corrected chi connectivity index (χ1v) is 5.13. The van der Waals surface area contributed by atoms with Crippen LogP contribution in [0.2, 0.25) is 0 Å². The van der Waals surface area contributed by atoms with E-state index in [4.69, 9.17) is 4.74 Å². The molecule has 0 fully saturated rings. The van der Waals surface area contributed by atoms with Crippen LogP contribution in [0, 0.1) is 3.57 Å². The molecule has 0 aliphatic rings. The molecule has 1 aromatic carbocycles. The van der Waals surface area contributed by atoms with Crippen molar-refractivity contribution < 1.29 is 9.53 Å². The van der Waals surface area contributed by atoms with Crippen molar-refractivity contribution in [3.05, 3.63) is 27.3 Å². The lowest BCUT2D eigenvalue weighted by Crippen LogP contribution is -2.00. The van der Waals surface area contributed by atoms with Gasteiger partial charge in [0.1, 0.15) is 5.75 Å². The molecule has 0 spiro atoms. The van der Waals surface area contributed by atoms with E-state index in [0.717, 1.165) is 3.57 Å². The number of methoxy groups -OCH3 is 1. The third-order valence-electron chi connectivity index (χ3n) is 1.78. The van der Waals surface area contributed by atoms with Crippen molar-refractivity contribution in [1.29, 1.82) is 0 Å². The number of ketones is 1. The van der Waals surface area contributed by atoms with Gasteiger partial charge in [-0.05, 0) is 40.8 Å². The van der Waals surface area contributed by atoms with Gasteiger partial charge in [0.15, 0.2) is 5.78 Å². The van der Waals surface area contributed by atoms with Gasteiger partial charge < -0.3 is 4.74 Å². The maximum absolute atomic E-state index is 11.5. The zero-order valence-electron chi connectivity index (χ0n) is 7.63. The Balaban J connectivity index is 3.15. The fourth-order valence-electron chi connectivity index (χ4n) is 1.09. The first-order chi connectivity index (χ1) is 6.19. The normalized spacial score (nSPS) is 9.77. The minimum Gasteiger partial charge on any atom is -0.496 e. The number of halogens is 1. The van der Waals surface area contributed by atoms with Crippen molar-refractivity contribution in [3.63, 3.8) is 0 Å². The molecule has 70 valence electrons. The highest BCUT2D eigenvalue weighted by atomic mass is 127. The standard InChI is InChI=1S/C10H11IO2/c1-3-9(12)8-6-7(11)4-5-10(8)13-2/h4-6H,3H2,1-2H3. The fraction of sp³-hybridized carbons (Fsp3) is 0.300. The van der Waals surface area contributed by atoms with Gasteiger partial charge in [0.05, 0.1) is 12.7 Å². The van der Waals surface area contributed by atoms with Crippen LogP contribution in [0.5, 0.6) is 5.75 Å². The van der Waals surface area contributed by atoms with Gasteiger partial charge in [-0.2, -0.15) is 0 Å². The van der Waals surface area contributed by atoms with E-state index in [1.165, 1.54) is 0 Å². The number of carbonyl (C=O) groups excluding carboxylic acids is 1. The van der Waals surface area contributed by atoms with Crippen LogP contribution in [0.1, 0.15) is 23.7 Å². The Hall–Kier alpha value is -0.580. The quantitative estimate of drug-likeness (QED) is 0.632. The van der Waals surface area contributed by atoms with Crippen LogP contribution < -0.4 is 4.74 Å². The lowest BCUT2D eigenvalue weighted by Gasteiger charge is -2.06. The second-order valence-corrected chi connectivity index (χ2v) is 3.87. The van der Waals surface area contributed by atoms with Gasteiger partial charge in [-0.3, -0.25) is 4.79 Å². The summed E-state index contributed by atoms with van der Waals surface area (Å²) in [6, 6.07) is 5.60. The van der Waals surface area contributed by atoms with E-state index in [9.17, 15) is 4.79 Å². The van der Waals surface area contributed by atoms with Crippen LogP contribution in [0.15, 0.2) is 18.2 Å². The van der Waals surface area contributed by atoms with Crippen molar-refractivity contribution in [2.24, 2.45) is 0 Å². The highest BCUT2D eigenvalue weighted by Gasteiger charge is 2.09. The topological polar surface area (TPSA) is 26.3 Å². The maximum atomic E-state index is 11.5. The summed E-state index contributed by atoms with van der Waals surface area (Å²) in [5.74, 6) is 0.780. The van der Waals surface area contributed by atoms with Gasteiger partial charge in [-0.1, -0.05) is 6.92 Å². The van der Waals surface area contributed by atoms with E-state index >= 15 is 0 Å². The maximum Gasteiger partial charge on any atom is 0.166 e. The lowest BCUT2D eigenvalue weighted by molar-refractivity contribution is 0.0985. The van der Waals surface area contributed by atoms with E-state index in [1.807, 2.05) is 25.1 Å². The monoisotopic (exact) mass is 290 g/mol. The number of Topliss-reactive ketones (excluding diaryl/α,β-unsaturated/α-hetero) is 1. The Bertz CT molecular complexity index is 321. The van der Waals surface area contributed by atoms with E-state index in [-0.39, 0.29) is 5.78 Å². The zero-order chi connectivity index (χ0) is 9.84. The van der Waals surface area contributed by atoms with Gasteiger partial charge in [0, 0.05) is 9.99 Å². The van der Waals surface area contributed by atoms with Crippen LogP contribution in [-0.2, 0) is 0 Å². The summed E-state index contributed by atoms with van der Waals surface area (Å²) in [6.45, 7) is 1.85. The molecule has 0 radical (unpaired) electrons. The van der Waals surface area contributed by atoms with Crippen molar-refractivity contribution >= 4 is 28.4 Å². The first-order valence-electron chi connectivity index (χ1n) is 4.05. The SMILES string of the molecule is CCC(=O)c1cc(I)ccc1OC. The highest BCUT2D eigenvalue weighted by molar-refractivity contribution is 14.1. The minimum absolute atomic E-state index is 0.121. The van der Waals surface area contributed by atoms with Crippen molar-refractivity contribution in [2.45, 2.75) is 13.3 Å². The molecule has 0 unspecified atom stereocenters. The molecule has 0 aliphatic carbocycles. The van der Waals surface area contributed by atoms with Crippen molar-refractivity contribution in [2.75, 3.05) is 7.11 Å². The molecule has 0 atom stereocenters. The van der Waals surface area contributed by atoms with Crippen LogP contribution in [-0.4, -0.2) is 12.9 Å². The van der Waals surface area contributed by atoms with Gasteiger partial charge in [0.2, 0.25) is 0 Å². The molecule has 3 heteroatoms. The first kappa shape index (κ1) is 10.5. The fourth-order valence-corrected chi connectivity index (χ4v) is 1.58. The summed E-state index contributed by atoms with van der Waals surface area (Å²) in [4.78, 5) is 11.5. The van der Waals surface area contributed by atoms with E-state index < -0.39 is 0 Å². The zero-order valence-corrected chi connectivity index (χ0v) is 9.79. The summed E-state index contributed by atoms with van der Waals surface area (Å²) >= 11 is 2.18. The molecule has 0 saturated carbocycles. The smallest absolute Gasteiger partial charge is 0.166 e. The summed E-state index contributed by atoms with van der Waals surface area (Å²) < 4.78 is 6.15. The molecule has 0 aromatic heterocycles. The second-order valence-electron chi connectivity index (χ2n) is 2.62. The van der Waals surface area contributed by atoms with Crippen LogP contribution >= 0.6 is 22.6 Å². The number of benzene rings is 1. The summed E-state index contributed by atoms with van der Waals surface area (Å²) in [5.41, 5.74) is 0.678. The molecule has 2 nitrogen and oxygen atoms in total. The van der Waals surface area contributed by atoms with E-state index in [0.29, 0.717) is 17.7 Å². The third-order valence-corrected chi connectivity index (χ3v) is 2.45. The summed E-state index contributed by atoms with van der Waals surface area (Å²) in [7, 11) is 1.58. The predicted molar refractivity (Wildman–Crippen MR) is 60.3 cm³/mol. The Labute approximate surface area is 91.4 Å². The minimum atomic E-state index is 0.121. The molecule has 13 heavy (non-hydrogen) atoms. The number of hydrogen-bond acceptors (Lipinski definition) is 2. The van der Waals surface area contributed by atoms with Crippen LogP contribution in [0.25, 0.3) is 0 Å². The van der Waals surface area contributed by atoms with Crippen molar-refractivity contribution in [3.8, 4) is 5.75 Å². The third kappa shape index (κ3) is 2.43. The van der Waals surface area contributed by atoms with Gasteiger partial charge >= 0.3 is 0 Å². The molecule has 0 aliphatic heterocycles. The molecular weight excluding hydrogens is 279 g/mol. The molecule has 1 aromatic rings. The van der Waals surface area contributed by atoms with E-state index in [2.05, 4.69) is 22.6 Å². The number of hydrogen-bond donors (Lipinski definition) is 0. The Morgan fingerprint density at radius 2 is 2.23 bits per heavy atom. The predicted octanol–water partition coefficient (Wildman–Crippen LogP) is 2.89. The highest BCUT2D eigenvalue weighted by Crippen LogP contribution is 2.22. The van der Waals surface area contributed by atoms with Gasteiger partial charge in [-0.15, -0.1) is 0 Å². The Kier molecular flexibility index (Phi) is 3.71. The van der Waals surface area contributed by atoms with Crippen molar-refractivity contribution in [1.82, 2.24) is 0 Å². The molecule has 0 saturated heterocycles. The van der Waals surface area contributed by atoms with Gasteiger partial charge in [0.25, 0.3) is 0 Å². The largest absolute Gasteiger partial charge is 0.496 e. The summed E-state index contributed by atoms with van der Waals surface area (Å²) in [6.07, 6.45) is 0.510. The molecule has 0 heterocycles. The van der Waals surface area contributed by atoms with E-state index in [1.54, 1.807) is 7.11 Å². The number of carbonyl (C=O) groups is 1.